The predicted molar refractivity (Wildman–Crippen MR) is 114 cm³/mol. The maximum absolute atomic E-state index is 5.66. The summed E-state index contributed by atoms with van der Waals surface area (Å²) in [6.07, 6.45) is 1.85. The second-order valence-corrected chi connectivity index (χ2v) is 7.00. The molecule has 0 saturated carbocycles. The fraction of sp³-hybridized carbons (Fsp3) is 0.350. The standard InChI is InChI=1S/C20H23IN2O3/c1-3-26-20-18(21)12-15(13-19(20)24-2)14-22-16-4-6-17(7-5-16)23-8-10-25-11-9-23/h4-7,12-14H,3,8-11H2,1-2H3. The predicted octanol–water partition coefficient (Wildman–Crippen LogP) is 4.29. The molecule has 2 aromatic carbocycles. The molecule has 2 aromatic rings. The first-order valence-corrected chi connectivity index (χ1v) is 9.76. The van der Waals surface area contributed by atoms with Gasteiger partial charge in [0.1, 0.15) is 0 Å². The van der Waals surface area contributed by atoms with Gasteiger partial charge in [-0.25, -0.2) is 0 Å². The van der Waals surface area contributed by atoms with Gasteiger partial charge in [-0.3, -0.25) is 4.99 Å². The van der Waals surface area contributed by atoms with Crippen LogP contribution >= 0.6 is 22.6 Å². The summed E-state index contributed by atoms with van der Waals surface area (Å²) in [4.78, 5) is 6.92. The monoisotopic (exact) mass is 466 g/mol. The number of ether oxygens (including phenoxy) is 3. The Morgan fingerprint density at radius 3 is 2.58 bits per heavy atom. The molecule has 1 saturated heterocycles. The summed E-state index contributed by atoms with van der Waals surface area (Å²) in [6, 6.07) is 12.3. The quantitative estimate of drug-likeness (QED) is 0.471. The number of methoxy groups -OCH3 is 1. The first kappa shape index (κ1) is 19.0. The van der Waals surface area contributed by atoms with Gasteiger partial charge in [-0.1, -0.05) is 0 Å². The number of halogens is 1. The molecule has 138 valence electrons. The fourth-order valence-electron chi connectivity index (χ4n) is 2.82. The maximum atomic E-state index is 5.66. The molecule has 26 heavy (non-hydrogen) atoms. The van der Waals surface area contributed by atoms with E-state index in [0.717, 1.165) is 52.6 Å². The van der Waals surface area contributed by atoms with Crippen molar-refractivity contribution in [1.29, 1.82) is 0 Å². The molecule has 0 atom stereocenters. The number of rotatable bonds is 6. The van der Waals surface area contributed by atoms with E-state index in [1.54, 1.807) is 7.11 Å². The molecule has 0 aliphatic carbocycles. The highest BCUT2D eigenvalue weighted by molar-refractivity contribution is 14.1. The van der Waals surface area contributed by atoms with Crippen molar-refractivity contribution in [3.8, 4) is 11.5 Å². The van der Waals surface area contributed by atoms with Crippen LogP contribution in [0.1, 0.15) is 12.5 Å². The van der Waals surface area contributed by atoms with Crippen LogP contribution in [0, 0.1) is 3.57 Å². The van der Waals surface area contributed by atoms with E-state index in [-0.39, 0.29) is 0 Å². The highest BCUT2D eigenvalue weighted by atomic mass is 127. The largest absolute Gasteiger partial charge is 0.493 e. The van der Waals surface area contributed by atoms with E-state index in [0.29, 0.717) is 6.61 Å². The lowest BCUT2D eigenvalue weighted by molar-refractivity contribution is 0.122. The van der Waals surface area contributed by atoms with Crippen molar-refractivity contribution >= 4 is 40.2 Å². The second-order valence-electron chi connectivity index (χ2n) is 5.84. The van der Waals surface area contributed by atoms with Crippen LogP contribution in [0.2, 0.25) is 0 Å². The van der Waals surface area contributed by atoms with Gasteiger partial charge in [0.05, 0.1) is 36.2 Å². The zero-order valence-electron chi connectivity index (χ0n) is 15.1. The van der Waals surface area contributed by atoms with Crippen LogP contribution in [0.3, 0.4) is 0 Å². The van der Waals surface area contributed by atoms with Crippen LogP contribution in [0.5, 0.6) is 11.5 Å². The van der Waals surface area contributed by atoms with Crippen molar-refractivity contribution in [2.45, 2.75) is 6.92 Å². The van der Waals surface area contributed by atoms with Crippen molar-refractivity contribution in [3.63, 3.8) is 0 Å². The molecule has 0 bridgehead atoms. The van der Waals surface area contributed by atoms with Gasteiger partial charge in [0, 0.05) is 25.0 Å². The molecule has 0 spiro atoms. The SMILES string of the molecule is CCOc1c(I)cc(C=Nc2ccc(N3CCOCC3)cc2)cc1OC. The smallest absolute Gasteiger partial charge is 0.174 e. The lowest BCUT2D eigenvalue weighted by Crippen LogP contribution is -2.36. The number of aliphatic imine (C=N–C) groups is 1. The average Bonchev–Trinajstić information content (AvgIpc) is 2.69. The molecular weight excluding hydrogens is 443 g/mol. The third-order valence-corrected chi connectivity index (χ3v) is 4.93. The van der Waals surface area contributed by atoms with Gasteiger partial charge in [-0.15, -0.1) is 0 Å². The number of anilines is 1. The molecule has 6 heteroatoms. The Labute approximate surface area is 168 Å². The Hall–Kier alpha value is -1.80. The summed E-state index contributed by atoms with van der Waals surface area (Å²) in [6.45, 7) is 6.02. The summed E-state index contributed by atoms with van der Waals surface area (Å²) in [5, 5.41) is 0. The van der Waals surface area contributed by atoms with E-state index in [4.69, 9.17) is 14.2 Å². The Balaban J connectivity index is 1.74. The third kappa shape index (κ3) is 4.67. The number of hydrogen-bond acceptors (Lipinski definition) is 5. The van der Waals surface area contributed by atoms with Crippen LogP contribution in [-0.2, 0) is 4.74 Å². The van der Waals surface area contributed by atoms with Gasteiger partial charge in [0.2, 0.25) is 0 Å². The van der Waals surface area contributed by atoms with Gasteiger partial charge in [-0.05, 0) is 71.5 Å². The second kappa shape index (κ2) is 9.23. The minimum Gasteiger partial charge on any atom is -0.493 e. The van der Waals surface area contributed by atoms with E-state index < -0.39 is 0 Å². The van der Waals surface area contributed by atoms with Gasteiger partial charge in [0.25, 0.3) is 0 Å². The summed E-state index contributed by atoms with van der Waals surface area (Å²) in [5.41, 5.74) is 3.11. The Morgan fingerprint density at radius 1 is 1.19 bits per heavy atom. The lowest BCUT2D eigenvalue weighted by Gasteiger charge is -2.28. The number of morpholine rings is 1. The molecule has 0 aromatic heterocycles. The zero-order valence-corrected chi connectivity index (χ0v) is 17.2. The summed E-state index contributed by atoms with van der Waals surface area (Å²) < 4.78 is 17.5. The molecule has 1 aliphatic rings. The average molecular weight is 466 g/mol. The van der Waals surface area contributed by atoms with E-state index in [1.807, 2.05) is 37.4 Å². The van der Waals surface area contributed by atoms with Gasteiger partial charge in [-0.2, -0.15) is 0 Å². The van der Waals surface area contributed by atoms with Crippen molar-refractivity contribution in [3.05, 3.63) is 45.5 Å². The highest BCUT2D eigenvalue weighted by Crippen LogP contribution is 2.33. The number of hydrogen-bond donors (Lipinski definition) is 0. The molecule has 0 N–H and O–H groups in total. The Kier molecular flexibility index (Phi) is 6.73. The van der Waals surface area contributed by atoms with Crippen molar-refractivity contribution < 1.29 is 14.2 Å². The van der Waals surface area contributed by atoms with Crippen LogP contribution in [-0.4, -0.2) is 46.2 Å². The van der Waals surface area contributed by atoms with Crippen LogP contribution in [0.15, 0.2) is 41.4 Å². The van der Waals surface area contributed by atoms with Crippen molar-refractivity contribution in [2.75, 3.05) is 44.9 Å². The van der Waals surface area contributed by atoms with E-state index >= 15 is 0 Å². The maximum Gasteiger partial charge on any atom is 0.174 e. The zero-order chi connectivity index (χ0) is 18.4. The number of nitrogens with zero attached hydrogens (tertiary/aromatic N) is 2. The Bertz CT molecular complexity index is 756. The first-order valence-electron chi connectivity index (χ1n) is 8.68. The molecule has 1 aliphatic heterocycles. The molecule has 5 nitrogen and oxygen atoms in total. The van der Waals surface area contributed by atoms with Crippen LogP contribution < -0.4 is 14.4 Å². The van der Waals surface area contributed by atoms with E-state index in [1.165, 1.54) is 5.69 Å². The minimum atomic E-state index is 0.606. The molecule has 1 heterocycles. The summed E-state index contributed by atoms with van der Waals surface area (Å²) in [7, 11) is 1.65. The van der Waals surface area contributed by atoms with E-state index in [2.05, 4.69) is 44.6 Å². The Morgan fingerprint density at radius 2 is 1.92 bits per heavy atom. The van der Waals surface area contributed by atoms with E-state index in [9.17, 15) is 0 Å². The third-order valence-electron chi connectivity index (χ3n) is 4.13. The fourth-order valence-corrected chi connectivity index (χ4v) is 3.60. The van der Waals surface area contributed by atoms with Gasteiger partial charge in [0.15, 0.2) is 11.5 Å². The van der Waals surface area contributed by atoms with Crippen molar-refractivity contribution in [2.24, 2.45) is 4.99 Å². The van der Waals surface area contributed by atoms with Crippen LogP contribution in [0.25, 0.3) is 0 Å². The van der Waals surface area contributed by atoms with Crippen LogP contribution in [0.4, 0.5) is 11.4 Å². The summed E-state index contributed by atoms with van der Waals surface area (Å²) >= 11 is 2.26. The van der Waals surface area contributed by atoms with Crippen molar-refractivity contribution in [1.82, 2.24) is 0 Å². The van der Waals surface area contributed by atoms with Gasteiger partial charge < -0.3 is 19.1 Å². The molecule has 0 radical (unpaired) electrons. The minimum absolute atomic E-state index is 0.606. The molecule has 0 amide bonds. The highest BCUT2D eigenvalue weighted by Gasteiger charge is 2.11. The first-order chi connectivity index (χ1) is 12.7. The molecule has 0 unspecified atom stereocenters. The molecule has 3 rings (SSSR count). The lowest BCUT2D eigenvalue weighted by atomic mass is 10.2. The molecule has 1 fully saturated rings. The molecular formula is C20H23IN2O3. The summed E-state index contributed by atoms with van der Waals surface area (Å²) in [5.74, 6) is 1.51. The number of benzene rings is 2. The topological polar surface area (TPSA) is 43.3 Å². The van der Waals surface area contributed by atoms with Gasteiger partial charge >= 0.3 is 0 Å². The normalized spacial score (nSPS) is 14.7.